The second-order valence-electron chi connectivity index (χ2n) is 5.25. The van der Waals surface area contributed by atoms with Crippen molar-refractivity contribution < 1.29 is 22.7 Å². The van der Waals surface area contributed by atoms with Crippen LogP contribution in [0.2, 0.25) is 0 Å². The molecular formula is C16H18F3NO2. The van der Waals surface area contributed by atoms with Crippen molar-refractivity contribution in [2.75, 3.05) is 6.54 Å². The maximum absolute atomic E-state index is 12.9. The lowest BCUT2D eigenvalue weighted by Crippen LogP contribution is -2.46. The molecule has 0 aromatic heterocycles. The van der Waals surface area contributed by atoms with Crippen molar-refractivity contribution in [1.29, 1.82) is 0 Å². The number of amides is 1. The third kappa shape index (κ3) is 4.02. The molecular weight excluding hydrogens is 295 g/mol. The SMILES string of the molecule is C[C@@H](c1ccccc1)N(C[C@H]1CCC=CO1)C(=O)C(F)(F)F. The summed E-state index contributed by atoms with van der Waals surface area (Å²) in [4.78, 5) is 12.6. The van der Waals surface area contributed by atoms with Crippen LogP contribution in [0.5, 0.6) is 0 Å². The van der Waals surface area contributed by atoms with E-state index in [9.17, 15) is 18.0 Å². The van der Waals surface area contributed by atoms with Gasteiger partial charge < -0.3 is 9.64 Å². The van der Waals surface area contributed by atoms with Crippen LogP contribution in [-0.4, -0.2) is 29.6 Å². The standard InChI is InChI=1S/C16H18F3NO2/c1-12(13-7-3-2-4-8-13)20(15(21)16(17,18)19)11-14-9-5-6-10-22-14/h2-4,6-8,10,12,14H,5,9,11H2,1H3/t12-,14+/m0/s1. The number of benzene rings is 1. The van der Waals surface area contributed by atoms with E-state index in [0.29, 0.717) is 12.0 Å². The molecule has 1 aromatic carbocycles. The lowest BCUT2D eigenvalue weighted by Gasteiger charge is -2.33. The Morgan fingerprint density at radius 3 is 2.59 bits per heavy atom. The number of rotatable bonds is 4. The predicted molar refractivity (Wildman–Crippen MR) is 75.9 cm³/mol. The summed E-state index contributed by atoms with van der Waals surface area (Å²) in [5, 5.41) is 0. The second kappa shape index (κ2) is 6.85. The quantitative estimate of drug-likeness (QED) is 0.845. The van der Waals surface area contributed by atoms with Gasteiger partial charge in [0, 0.05) is 0 Å². The topological polar surface area (TPSA) is 29.5 Å². The summed E-state index contributed by atoms with van der Waals surface area (Å²) in [6.45, 7) is 1.51. The van der Waals surface area contributed by atoms with Gasteiger partial charge in [0.05, 0.1) is 18.8 Å². The lowest BCUT2D eigenvalue weighted by atomic mass is 10.0. The molecule has 1 aliphatic heterocycles. The number of carbonyl (C=O) groups excluding carboxylic acids is 1. The van der Waals surface area contributed by atoms with Gasteiger partial charge in [-0.05, 0) is 31.4 Å². The van der Waals surface area contributed by atoms with E-state index in [1.54, 1.807) is 37.3 Å². The molecule has 0 fully saturated rings. The minimum atomic E-state index is -4.90. The highest BCUT2D eigenvalue weighted by Crippen LogP contribution is 2.28. The normalized spacial score (nSPS) is 19.4. The Labute approximate surface area is 127 Å². The zero-order chi connectivity index (χ0) is 16.2. The van der Waals surface area contributed by atoms with Gasteiger partial charge in [-0.15, -0.1) is 0 Å². The molecule has 0 bridgehead atoms. The third-order valence-corrected chi connectivity index (χ3v) is 3.68. The van der Waals surface area contributed by atoms with Crippen LogP contribution >= 0.6 is 0 Å². The molecule has 2 atom stereocenters. The minimum Gasteiger partial charge on any atom is -0.497 e. The van der Waals surface area contributed by atoms with Crippen LogP contribution in [0, 0.1) is 0 Å². The van der Waals surface area contributed by atoms with Crippen LogP contribution in [0.25, 0.3) is 0 Å². The van der Waals surface area contributed by atoms with E-state index >= 15 is 0 Å². The fourth-order valence-electron chi connectivity index (χ4n) is 2.43. The maximum atomic E-state index is 12.9. The molecule has 0 spiro atoms. The fourth-order valence-corrected chi connectivity index (χ4v) is 2.43. The molecule has 1 aliphatic rings. The van der Waals surface area contributed by atoms with Crippen LogP contribution in [0.15, 0.2) is 42.7 Å². The molecule has 0 saturated heterocycles. The smallest absolute Gasteiger partial charge is 0.471 e. The zero-order valence-corrected chi connectivity index (χ0v) is 12.2. The van der Waals surface area contributed by atoms with Crippen LogP contribution in [0.1, 0.15) is 31.4 Å². The summed E-state index contributed by atoms with van der Waals surface area (Å²) in [6.07, 6.45) is -0.682. The van der Waals surface area contributed by atoms with Crippen LogP contribution in [0.3, 0.4) is 0 Å². The second-order valence-corrected chi connectivity index (χ2v) is 5.25. The third-order valence-electron chi connectivity index (χ3n) is 3.68. The number of carbonyl (C=O) groups is 1. The molecule has 0 aliphatic carbocycles. The first kappa shape index (κ1) is 16.4. The van der Waals surface area contributed by atoms with Crippen molar-refractivity contribution in [2.45, 2.75) is 38.1 Å². The van der Waals surface area contributed by atoms with Gasteiger partial charge in [-0.25, -0.2) is 0 Å². The summed E-state index contributed by atoms with van der Waals surface area (Å²) in [7, 11) is 0. The highest BCUT2D eigenvalue weighted by molar-refractivity contribution is 5.82. The summed E-state index contributed by atoms with van der Waals surface area (Å²) < 4.78 is 44.0. The van der Waals surface area contributed by atoms with Crippen molar-refractivity contribution in [3.63, 3.8) is 0 Å². The molecule has 0 saturated carbocycles. The number of alkyl halides is 3. The largest absolute Gasteiger partial charge is 0.497 e. The average molecular weight is 313 g/mol. The van der Waals surface area contributed by atoms with Gasteiger partial charge in [0.25, 0.3) is 0 Å². The number of halogens is 3. The molecule has 2 rings (SSSR count). The molecule has 22 heavy (non-hydrogen) atoms. The molecule has 1 heterocycles. The first-order chi connectivity index (χ1) is 10.4. The summed E-state index contributed by atoms with van der Waals surface area (Å²) in [5.41, 5.74) is 0.659. The Morgan fingerprint density at radius 1 is 1.36 bits per heavy atom. The Bertz CT molecular complexity index is 528. The molecule has 0 N–H and O–H groups in total. The van der Waals surface area contributed by atoms with Gasteiger partial charge in [0.1, 0.15) is 6.10 Å². The number of nitrogens with zero attached hydrogens (tertiary/aromatic N) is 1. The van der Waals surface area contributed by atoms with Gasteiger partial charge in [-0.2, -0.15) is 13.2 Å². The van der Waals surface area contributed by atoms with E-state index in [2.05, 4.69) is 0 Å². The molecule has 0 unspecified atom stereocenters. The monoisotopic (exact) mass is 313 g/mol. The molecule has 0 radical (unpaired) electrons. The summed E-state index contributed by atoms with van der Waals surface area (Å²) in [6, 6.07) is 8.00. The first-order valence-electron chi connectivity index (χ1n) is 7.13. The molecule has 1 amide bonds. The Morgan fingerprint density at radius 2 is 2.05 bits per heavy atom. The van der Waals surface area contributed by atoms with E-state index in [0.717, 1.165) is 11.3 Å². The lowest BCUT2D eigenvalue weighted by molar-refractivity contribution is -0.189. The van der Waals surface area contributed by atoms with Crippen molar-refractivity contribution in [3.05, 3.63) is 48.2 Å². The van der Waals surface area contributed by atoms with Gasteiger partial charge in [-0.3, -0.25) is 4.79 Å². The molecule has 1 aromatic rings. The van der Waals surface area contributed by atoms with Gasteiger partial charge in [0.2, 0.25) is 0 Å². The number of allylic oxidation sites excluding steroid dienone is 1. The Balaban J connectivity index is 2.20. The predicted octanol–water partition coefficient (Wildman–Crippen LogP) is 3.83. The van der Waals surface area contributed by atoms with E-state index in [1.807, 2.05) is 6.08 Å². The van der Waals surface area contributed by atoms with Crippen LogP contribution < -0.4 is 0 Å². The number of ether oxygens (including phenoxy) is 1. The zero-order valence-electron chi connectivity index (χ0n) is 12.2. The van der Waals surface area contributed by atoms with Gasteiger partial charge in [0.15, 0.2) is 0 Å². The highest BCUT2D eigenvalue weighted by Gasteiger charge is 2.44. The Kier molecular flexibility index (Phi) is 5.11. The van der Waals surface area contributed by atoms with E-state index in [-0.39, 0.29) is 6.54 Å². The Hall–Kier alpha value is -1.98. The summed E-state index contributed by atoms with van der Waals surface area (Å²) >= 11 is 0. The maximum Gasteiger partial charge on any atom is 0.471 e. The number of hydrogen-bond donors (Lipinski definition) is 0. The van der Waals surface area contributed by atoms with Crippen molar-refractivity contribution in [2.24, 2.45) is 0 Å². The highest BCUT2D eigenvalue weighted by atomic mass is 19.4. The van der Waals surface area contributed by atoms with E-state index in [1.165, 1.54) is 6.26 Å². The van der Waals surface area contributed by atoms with Crippen molar-refractivity contribution in [3.8, 4) is 0 Å². The summed E-state index contributed by atoms with van der Waals surface area (Å²) in [5.74, 6) is -1.83. The molecule has 6 heteroatoms. The minimum absolute atomic E-state index is 0.0846. The average Bonchev–Trinajstić information content (AvgIpc) is 2.52. The van der Waals surface area contributed by atoms with Gasteiger partial charge in [-0.1, -0.05) is 30.3 Å². The van der Waals surface area contributed by atoms with Crippen molar-refractivity contribution >= 4 is 5.91 Å². The van der Waals surface area contributed by atoms with Crippen LogP contribution in [0.4, 0.5) is 13.2 Å². The van der Waals surface area contributed by atoms with E-state index < -0.39 is 24.2 Å². The molecule has 3 nitrogen and oxygen atoms in total. The fraction of sp³-hybridized carbons (Fsp3) is 0.438. The first-order valence-corrected chi connectivity index (χ1v) is 7.13. The number of hydrogen-bond acceptors (Lipinski definition) is 2. The van der Waals surface area contributed by atoms with Crippen molar-refractivity contribution in [1.82, 2.24) is 4.90 Å². The molecule has 120 valence electrons. The van der Waals surface area contributed by atoms with Gasteiger partial charge >= 0.3 is 12.1 Å². The van der Waals surface area contributed by atoms with E-state index in [4.69, 9.17) is 4.74 Å². The van der Waals surface area contributed by atoms with Crippen LogP contribution in [-0.2, 0) is 9.53 Å².